The van der Waals surface area contributed by atoms with Gasteiger partial charge in [-0.3, -0.25) is 5.32 Å². The second kappa shape index (κ2) is 7.10. The maximum Gasteiger partial charge on any atom is 0.321 e. The molecular formula is C17H21N3O2S. The Balaban J connectivity index is 1.58. The summed E-state index contributed by atoms with van der Waals surface area (Å²) in [7, 11) is 0. The predicted octanol–water partition coefficient (Wildman–Crippen LogP) is 3.54. The number of aliphatic hydroxyl groups is 1. The molecule has 2 amide bonds. The van der Waals surface area contributed by atoms with Crippen molar-refractivity contribution in [3.8, 4) is 10.4 Å². The van der Waals surface area contributed by atoms with Gasteiger partial charge in [0.15, 0.2) is 5.13 Å². The van der Waals surface area contributed by atoms with Gasteiger partial charge in [-0.25, -0.2) is 9.78 Å². The summed E-state index contributed by atoms with van der Waals surface area (Å²) in [5, 5.41) is 15.8. The zero-order valence-corrected chi connectivity index (χ0v) is 13.9. The van der Waals surface area contributed by atoms with Crippen LogP contribution in [0.4, 0.5) is 9.93 Å². The van der Waals surface area contributed by atoms with Crippen LogP contribution in [0, 0.1) is 6.92 Å². The second-order valence-electron chi connectivity index (χ2n) is 5.95. The van der Waals surface area contributed by atoms with Crippen molar-refractivity contribution in [1.82, 2.24) is 10.3 Å². The van der Waals surface area contributed by atoms with E-state index in [4.69, 9.17) is 0 Å². The van der Waals surface area contributed by atoms with E-state index in [9.17, 15) is 9.90 Å². The first kappa shape index (κ1) is 16.0. The van der Waals surface area contributed by atoms with Gasteiger partial charge in [-0.1, -0.05) is 35.6 Å². The lowest BCUT2D eigenvalue weighted by Gasteiger charge is -2.25. The van der Waals surface area contributed by atoms with Crippen molar-refractivity contribution in [2.45, 2.75) is 44.8 Å². The minimum atomic E-state index is -0.225. The van der Waals surface area contributed by atoms with Crippen LogP contribution >= 0.6 is 11.3 Å². The van der Waals surface area contributed by atoms with Gasteiger partial charge in [0.1, 0.15) is 0 Å². The van der Waals surface area contributed by atoms with Gasteiger partial charge in [-0.2, -0.15) is 0 Å². The van der Waals surface area contributed by atoms with E-state index in [0.29, 0.717) is 5.13 Å². The van der Waals surface area contributed by atoms with E-state index in [1.807, 2.05) is 12.1 Å². The minimum Gasteiger partial charge on any atom is -0.393 e. The Hall–Kier alpha value is -1.92. The summed E-state index contributed by atoms with van der Waals surface area (Å²) in [6, 6.07) is 8.03. The highest BCUT2D eigenvalue weighted by Gasteiger charge is 2.21. The number of anilines is 1. The molecule has 1 aromatic heterocycles. The Morgan fingerprint density at radius 1 is 1.26 bits per heavy atom. The van der Waals surface area contributed by atoms with Crippen molar-refractivity contribution in [3.63, 3.8) is 0 Å². The zero-order chi connectivity index (χ0) is 16.2. The van der Waals surface area contributed by atoms with Crippen LogP contribution in [0.15, 0.2) is 30.5 Å². The summed E-state index contributed by atoms with van der Waals surface area (Å²) in [6.07, 6.45) is 4.72. The van der Waals surface area contributed by atoms with Crippen molar-refractivity contribution in [2.24, 2.45) is 0 Å². The summed E-state index contributed by atoms with van der Waals surface area (Å²) < 4.78 is 0. The zero-order valence-electron chi connectivity index (χ0n) is 13.1. The summed E-state index contributed by atoms with van der Waals surface area (Å²) in [6.45, 7) is 2.06. The van der Waals surface area contributed by atoms with E-state index in [-0.39, 0.29) is 18.2 Å². The number of carbonyl (C=O) groups is 1. The number of amides is 2. The molecule has 1 fully saturated rings. The molecule has 23 heavy (non-hydrogen) atoms. The lowest BCUT2D eigenvalue weighted by atomic mass is 9.93. The van der Waals surface area contributed by atoms with E-state index in [0.717, 1.165) is 36.1 Å². The van der Waals surface area contributed by atoms with Crippen molar-refractivity contribution in [3.05, 3.63) is 36.0 Å². The number of aryl methyl sites for hydroxylation is 1. The Morgan fingerprint density at radius 3 is 2.74 bits per heavy atom. The van der Waals surface area contributed by atoms with E-state index in [1.165, 1.54) is 16.9 Å². The van der Waals surface area contributed by atoms with Crippen LogP contribution in [0.5, 0.6) is 0 Å². The van der Waals surface area contributed by atoms with Crippen molar-refractivity contribution < 1.29 is 9.90 Å². The molecule has 0 unspecified atom stereocenters. The second-order valence-corrected chi connectivity index (χ2v) is 6.98. The highest BCUT2D eigenvalue weighted by Crippen LogP contribution is 2.31. The average Bonchev–Trinajstić information content (AvgIpc) is 2.98. The highest BCUT2D eigenvalue weighted by atomic mass is 32.1. The maximum absolute atomic E-state index is 12.1. The number of nitrogens with zero attached hydrogens (tertiary/aromatic N) is 1. The molecule has 5 nitrogen and oxygen atoms in total. The predicted molar refractivity (Wildman–Crippen MR) is 92.7 cm³/mol. The molecule has 0 spiro atoms. The minimum absolute atomic E-state index is 0.134. The van der Waals surface area contributed by atoms with E-state index in [2.05, 4.69) is 34.7 Å². The van der Waals surface area contributed by atoms with Gasteiger partial charge in [-0.05, 0) is 43.7 Å². The van der Waals surface area contributed by atoms with Crippen LogP contribution in [0.1, 0.15) is 31.2 Å². The maximum atomic E-state index is 12.1. The standard InChI is InChI=1S/C17H21N3O2S/c1-11-4-2-3-5-14(11)15-10-18-17(23-15)20-16(22)19-12-6-8-13(21)9-7-12/h2-5,10,12-13,21H,6-9H2,1H3,(H2,18,19,20,22). The third-order valence-electron chi connectivity index (χ3n) is 4.17. The molecule has 0 aliphatic heterocycles. The highest BCUT2D eigenvalue weighted by molar-refractivity contribution is 7.19. The Kier molecular flexibility index (Phi) is 4.93. The van der Waals surface area contributed by atoms with Gasteiger partial charge >= 0.3 is 6.03 Å². The third-order valence-corrected chi connectivity index (χ3v) is 5.11. The molecule has 1 aromatic carbocycles. The number of hydrogen-bond donors (Lipinski definition) is 3. The molecular weight excluding hydrogens is 310 g/mol. The van der Waals surface area contributed by atoms with Gasteiger partial charge < -0.3 is 10.4 Å². The number of carbonyl (C=O) groups excluding carboxylic acids is 1. The first-order chi connectivity index (χ1) is 11.1. The summed E-state index contributed by atoms with van der Waals surface area (Å²) in [5.41, 5.74) is 2.33. The number of aliphatic hydroxyl groups excluding tert-OH is 1. The fourth-order valence-corrected chi connectivity index (χ4v) is 3.75. The number of rotatable bonds is 3. The number of nitrogens with one attached hydrogen (secondary N) is 2. The van der Waals surface area contributed by atoms with Crippen molar-refractivity contribution >= 4 is 22.5 Å². The SMILES string of the molecule is Cc1ccccc1-c1cnc(NC(=O)NC2CCC(O)CC2)s1. The summed E-state index contributed by atoms with van der Waals surface area (Å²) in [5.74, 6) is 0. The molecule has 0 radical (unpaired) electrons. The smallest absolute Gasteiger partial charge is 0.321 e. The number of hydrogen-bond acceptors (Lipinski definition) is 4. The monoisotopic (exact) mass is 331 g/mol. The van der Waals surface area contributed by atoms with Crippen molar-refractivity contribution in [1.29, 1.82) is 0 Å². The van der Waals surface area contributed by atoms with Crippen LogP contribution in [0.3, 0.4) is 0 Å². The first-order valence-corrected chi connectivity index (χ1v) is 8.71. The third kappa shape index (κ3) is 4.09. The van der Waals surface area contributed by atoms with Gasteiger partial charge in [0.05, 0.1) is 11.0 Å². The fourth-order valence-electron chi connectivity index (χ4n) is 2.84. The molecule has 6 heteroatoms. The van der Waals surface area contributed by atoms with Gasteiger partial charge in [-0.15, -0.1) is 0 Å². The largest absolute Gasteiger partial charge is 0.393 e. The Labute approximate surface area is 139 Å². The first-order valence-electron chi connectivity index (χ1n) is 7.89. The van der Waals surface area contributed by atoms with Crippen LogP contribution in [0.2, 0.25) is 0 Å². The van der Waals surface area contributed by atoms with E-state index >= 15 is 0 Å². The van der Waals surface area contributed by atoms with Crippen molar-refractivity contribution in [2.75, 3.05) is 5.32 Å². The fraction of sp³-hybridized carbons (Fsp3) is 0.412. The Bertz CT molecular complexity index is 678. The van der Waals surface area contributed by atoms with Gasteiger partial charge in [0.2, 0.25) is 0 Å². The molecule has 0 saturated heterocycles. The topological polar surface area (TPSA) is 74.2 Å². The van der Waals surface area contributed by atoms with Crippen LogP contribution in [0.25, 0.3) is 10.4 Å². The molecule has 3 N–H and O–H groups in total. The molecule has 1 heterocycles. The van der Waals surface area contributed by atoms with Gasteiger partial charge in [0, 0.05) is 12.2 Å². The normalized spacial score (nSPS) is 21.0. The van der Waals surface area contributed by atoms with E-state index in [1.54, 1.807) is 6.20 Å². The molecule has 1 aliphatic rings. The Morgan fingerprint density at radius 2 is 2.00 bits per heavy atom. The molecule has 3 rings (SSSR count). The van der Waals surface area contributed by atoms with Gasteiger partial charge in [0.25, 0.3) is 0 Å². The summed E-state index contributed by atoms with van der Waals surface area (Å²) in [4.78, 5) is 17.4. The lowest BCUT2D eigenvalue weighted by molar-refractivity contribution is 0.118. The number of urea groups is 1. The lowest BCUT2D eigenvalue weighted by Crippen LogP contribution is -2.40. The average molecular weight is 331 g/mol. The van der Waals surface area contributed by atoms with Crippen LogP contribution in [-0.2, 0) is 0 Å². The molecule has 0 atom stereocenters. The van der Waals surface area contributed by atoms with Crippen LogP contribution < -0.4 is 10.6 Å². The molecule has 1 saturated carbocycles. The molecule has 2 aromatic rings. The quantitative estimate of drug-likeness (QED) is 0.805. The number of aromatic nitrogens is 1. The number of benzene rings is 1. The molecule has 0 bridgehead atoms. The van der Waals surface area contributed by atoms with E-state index < -0.39 is 0 Å². The molecule has 1 aliphatic carbocycles. The number of thiazole rings is 1. The molecule has 122 valence electrons. The summed E-state index contributed by atoms with van der Waals surface area (Å²) >= 11 is 1.47. The van der Waals surface area contributed by atoms with Crippen LogP contribution in [-0.4, -0.2) is 28.3 Å².